The van der Waals surface area contributed by atoms with Gasteiger partial charge in [-0.15, -0.1) is 0 Å². The number of halogens is 4. The second kappa shape index (κ2) is 5.43. The summed E-state index contributed by atoms with van der Waals surface area (Å²) >= 11 is 5.43. The number of rotatable bonds is 5. The monoisotopic (exact) mass is 303 g/mol. The van der Waals surface area contributed by atoms with Crippen LogP contribution in [-0.2, 0) is 10.0 Å². The first-order valence-corrected chi connectivity index (χ1v) is 6.47. The second-order valence-electron chi connectivity index (χ2n) is 3.41. The van der Waals surface area contributed by atoms with Crippen molar-refractivity contribution in [3.8, 4) is 0 Å². The van der Waals surface area contributed by atoms with Gasteiger partial charge in [0.1, 0.15) is 17.3 Å². The zero-order valence-electron chi connectivity index (χ0n) is 8.83. The summed E-state index contributed by atoms with van der Waals surface area (Å²) in [5, 5.41) is 8.25. The predicted molar refractivity (Wildman–Crippen MR) is 58.6 cm³/mol. The van der Waals surface area contributed by atoms with Crippen molar-refractivity contribution in [3.63, 3.8) is 0 Å². The number of sulfonamides is 1. The number of hydrogen-bond acceptors (Lipinski definition) is 3. The van der Waals surface area contributed by atoms with Crippen LogP contribution in [0.4, 0.5) is 13.2 Å². The van der Waals surface area contributed by atoms with Gasteiger partial charge in [-0.3, -0.25) is 0 Å². The molecule has 0 aromatic heterocycles. The molecule has 0 amide bonds. The zero-order chi connectivity index (χ0) is 14.0. The maximum Gasteiger partial charge on any atom is 0.283 e. The Morgan fingerprint density at radius 2 is 2.00 bits per heavy atom. The molecule has 4 nitrogen and oxygen atoms in total. The SMILES string of the molecule is O=S(=O)(NCC(F)(F)CO)c1ccc(Cl)cc1F. The van der Waals surface area contributed by atoms with Crippen molar-refractivity contribution in [3.05, 3.63) is 29.0 Å². The highest BCUT2D eigenvalue weighted by atomic mass is 35.5. The number of alkyl halides is 2. The molecule has 1 aromatic rings. The van der Waals surface area contributed by atoms with Crippen LogP contribution in [0.15, 0.2) is 23.1 Å². The van der Waals surface area contributed by atoms with Crippen LogP contribution in [0.1, 0.15) is 0 Å². The van der Waals surface area contributed by atoms with Crippen LogP contribution in [0.5, 0.6) is 0 Å². The van der Waals surface area contributed by atoms with E-state index in [0.29, 0.717) is 0 Å². The Balaban J connectivity index is 2.94. The quantitative estimate of drug-likeness (QED) is 0.864. The van der Waals surface area contributed by atoms with Gasteiger partial charge in [-0.1, -0.05) is 11.6 Å². The fraction of sp³-hybridized carbons (Fsp3) is 0.333. The number of aliphatic hydroxyl groups excluding tert-OH is 1. The topological polar surface area (TPSA) is 66.4 Å². The van der Waals surface area contributed by atoms with Gasteiger partial charge in [0, 0.05) is 5.02 Å². The maximum atomic E-state index is 13.3. The fourth-order valence-electron chi connectivity index (χ4n) is 1.03. The summed E-state index contributed by atoms with van der Waals surface area (Å²) in [6, 6.07) is 2.72. The normalized spacial score (nSPS) is 12.7. The van der Waals surface area contributed by atoms with E-state index in [1.54, 1.807) is 0 Å². The predicted octanol–water partition coefficient (Wildman–Crippen LogP) is 1.39. The van der Waals surface area contributed by atoms with Crippen molar-refractivity contribution in [1.82, 2.24) is 4.72 Å². The van der Waals surface area contributed by atoms with Gasteiger partial charge in [0.05, 0.1) is 6.54 Å². The third kappa shape index (κ3) is 3.84. The molecule has 0 saturated carbocycles. The lowest BCUT2D eigenvalue weighted by molar-refractivity contribution is -0.0437. The van der Waals surface area contributed by atoms with E-state index in [1.807, 2.05) is 0 Å². The summed E-state index contributed by atoms with van der Waals surface area (Å²) in [6.45, 7) is -2.84. The van der Waals surface area contributed by atoms with Gasteiger partial charge in [-0.25, -0.2) is 26.3 Å². The van der Waals surface area contributed by atoms with Gasteiger partial charge in [0.25, 0.3) is 5.92 Å². The number of hydrogen-bond donors (Lipinski definition) is 2. The summed E-state index contributed by atoms with van der Waals surface area (Å²) in [7, 11) is -4.43. The van der Waals surface area contributed by atoms with E-state index in [4.69, 9.17) is 16.7 Å². The van der Waals surface area contributed by atoms with Crippen LogP contribution in [0.3, 0.4) is 0 Å². The Kier molecular flexibility index (Phi) is 4.60. The largest absolute Gasteiger partial charge is 0.390 e. The van der Waals surface area contributed by atoms with Crippen LogP contribution in [-0.4, -0.2) is 32.6 Å². The molecule has 0 bridgehead atoms. The van der Waals surface area contributed by atoms with Crippen LogP contribution < -0.4 is 4.72 Å². The molecule has 0 fully saturated rings. The molecule has 0 aliphatic rings. The van der Waals surface area contributed by atoms with E-state index in [0.717, 1.165) is 18.2 Å². The van der Waals surface area contributed by atoms with Gasteiger partial charge in [0.2, 0.25) is 10.0 Å². The molecule has 0 heterocycles. The summed E-state index contributed by atoms with van der Waals surface area (Å²) in [6.07, 6.45) is 0. The van der Waals surface area contributed by atoms with Gasteiger partial charge in [0.15, 0.2) is 0 Å². The highest BCUT2D eigenvalue weighted by Gasteiger charge is 2.31. The van der Waals surface area contributed by atoms with E-state index in [-0.39, 0.29) is 5.02 Å². The first-order chi connectivity index (χ1) is 8.18. The molecule has 0 spiro atoms. The van der Waals surface area contributed by atoms with E-state index in [1.165, 1.54) is 4.72 Å². The maximum absolute atomic E-state index is 13.3. The molecule has 0 unspecified atom stereocenters. The van der Waals surface area contributed by atoms with E-state index >= 15 is 0 Å². The van der Waals surface area contributed by atoms with E-state index in [2.05, 4.69) is 0 Å². The Labute approximate surface area is 106 Å². The first-order valence-electron chi connectivity index (χ1n) is 4.61. The van der Waals surface area contributed by atoms with Crippen LogP contribution >= 0.6 is 11.6 Å². The van der Waals surface area contributed by atoms with E-state index < -0.39 is 39.8 Å². The highest BCUT2D eigenvalue weighted by Crippen LogP contribution is 2.19. The van der Waals surface area contributed by atoms with Crippen LogP contribution in [0.2, 0.25) is 5.02 Å². The Bertz CT molecular complexity index is 536. The first kappa shape index (κ1) is 15.2. The lowest BCUT2D eigenvalue weighted by Crippen LogP contribution is -2.39. The molecule has 0 atom stereocenters. The molecule has 0 aliphatic carbocycles. The van der Waals surface area contributed by atoms with Crippen molar-refractivity contribution in [2.45, 2.75) is 10.8 Å². The molecule has 1 aromatic carbocycles. The van der Waals surface area contributed by atoms with Crippen molar-refractivity contribution >= 4 is 21.6 Å². The molecule has 1 rings (SSSR count). The zero-order valence-corrected chi connectivity index (χ0v) is 10.4. The summed E-state index contributed by atoms with van der Waals surface area (Å²) in [5.74, 6) is -4.77. The lowest BCUT2D eigenvalue weighted by atomic mass is 10.3. The van der Waals surface area contributed by atoms with Crippen LogP contribution in [0, 0.1) is 5.82 Å². The Hall–Kier alpha value is -0.830. The third-order valence-electron chi connectivity index (χ3n) is 1.94. The molecule has 2 N–H and O–H groups in total. The standard InChI is InChI=1S/C9H9ClF3NO3S/c10-6-1-2-8(7(11)3-6)18(16,17)14-4-9(12,13)5-15/h1-3,14-15H,4-5H2. The third-order valence-corrected chi connectivity index (χ3v) is 3.61. The minimum absolute atomic E-state index is 0.0212. The highest BCUT2D eigenvalue weighted by molar-refractivity contribution is 7.89. The summed E-state index contributed by atoms with van der Waals surface area (Å²) in [4.78, 5) is -0.791. The van der Waals surface area contributed by atoms with Crippen molar-refractivity contribution < 1.29 is 26.7 Å². The average Bonchev–Trinajstić information content (AvgIpc) is 2.26. The minimum Gasteiger partial charge on any atom is -0.390 e. The van der Waals surface area contributed by atoms with Crippen molar-refractivity contribution in [2.24, 2.45) is 0 Å². The van der Waals surface area contributed by atoms with Crippen LogP contribution in [0.25, 0.3) is 0 Å². The van der Waals surface area contributed by atoms with Crippen molar-refractivity contribution in [2.75, 3.05) is 13.2 Å². The molecule has 9 heteroatoms. The molecule has 0 aliphatic heterocycles. The molecule has 102 valence electrons. The summed E-state index contributed by atoms with van der Waals surface area (Å²) in [5.41, 5.74) is 0. The average molecular weight is 304 g/mol. The molecule has 0 saturated heterocycles. The number of nitrogens with one attached hydrogen (secondary N) is 1. The van der Waals surface area contributed by atoms with Gasteiger partial charge in [-0.05, 0) is 18.2 Å². The van der Waals surface area contributed by atoms with Crippen molar-refractivity contribution in [1.29, 1.82) is 0 Å². The lowest BCUT2D eigenvalue weighted by Gasteiger charge is -2.14. The van der Waals surface area contributed by atoms with Gasteiger partial charge >= 0.3 is 0 Å². The molecular weight excluding hydrogens is 295 g/mol. The fourth-order valence-corrected chi connectivity index (χ4v) is 2.31. The smallest absolute Gasteiger partial charge is 0.283 e. The van der Waals surface area contributed by atoms with Gasteiger partial charge < -0.3 is 5.11 Å². The number of benzene rings is 1. The number of aliphatic hydroxyl groups is 1. The molecular formula is C9H9ClF3NO3S. The minimum atomic E-state index is -4.43. The Morgan fingerprint density at radius 3 is 2.50 bits per heavy atom. The molecule has 18 heavy (non-hydrogen) atoms. The Morgan fingerprint density at radius 1 is 1.39 bits per heavy atom. The van der Waals surface area contributed by atoms with Gasteiger partial charge in [-0.2, -0.15) is 0 Å². The van der Waals surface area contributed by atoms with E-state index in [9.17, 15) is 21.6 Å². The second-order valence-corrected chi connectivity index (χ2v) is 5.59. The molecule has 0 radical (unpaired) electrons. The summed E-state index contributed by atoms with van der Waals surface area (Å²) < 4.78 is 63.2.